The van der Waals surface area contributed by atoms with Gasteiger partial charge in [-0.25, -0.2) is 8.42 Å². The Morgan fingerprint density at radius 3 is 2.33 bits per heavy atom. The van der Waals surface area contributed by atoms with Gasteiger partial charge in [-0.05, 0) is 68.2 Å². The third-order valence-corrected chi connectivity index (χ3v) is 6.20. The number of likely N-dealkylation sites (tertiary alicyclic amines) is 1. The first kappa shape index (κ1) is 19.5. The first-order chi connectivity index (χ1) is 13.0. The van der Waals surface area contributed by atoms with E-state index in [4.69, 9.17) is 9.47 Å². The molecule has 0 atom stereocenters. The second-order valence-corrected chi connectivity index (χ2v) is 8.26. The first-order valence-electron chi connectivity index (χ1n) is 9.08. The monoisotopic (exact) mass is 390 g/mol. The summed E-state index contributed by atoms with van der Waals surface area (Å²) in [6, 6.07) is 11.9. The van der Waals surface area contributed by atoms with Crippen molar-refractivity contribution in [3.8, 4) is 11.5 Å². The third-order valence-electron chi connectivity index (χ3n) is 4.83. The molecule has 27 heavy (non-hydrogen) atoms. The van der Waals surface area contributed by atoms with Crippen molar-refractivity contribution in [2.24, 2.45) is 0 Å². The number of hydrogen-bond acceptors (Lipinski definition) is 5. The Bertz CT molecular complexity index is 860. The number of rotatable bonds is 8. The molecule has 6 nitrogen and oxygen atoms in total. The molecule has 0 unspecified atom stereocenters. The van der Waals surface area contributed by atoms with E-state index in [9.17, 15) is 8.42 Å². The highest BCUT2D eigenvalue weighted by molar-refractivity contribution is 7.92. The van der Waals surface area contributed by atoms with Crippen LogP contribution in [0.2, 0.25) is 0 Å². The average molecular weight is 391 g/mol. The van der Waals surface area contributed by atoms with Gasteiger partial charge < -0.3 is 14.4 Å². The molecule has 7 heteroatoms. The van der Waals surface area contributed by atoms with E-state index in [0.717, 1.165) is 31.6 Å². The number of hydrogen-bond donors (Lipinski definition) is 1. The zero-order valence-electron chi connectivity index (χ0n) is 15.8. The molecule has 1 heterocycles. The van der Waals surface area contributed by atoms with Crippen molar-refractivity contribution in [3.63, 3.8) is 0 Å². The highest BCUT2D eigenvalue weighted by Gasteiger charge is 2.20. The summed E-state index contributed by atoms with van der Waals surface area (Å²) in [7, 11) is -0.639. The van der Waals surface area contributed by atoms with Gasteiger partial charge in [-0.2, -0.15) is 0 Å². The fraction of sp³-hybridized carbons (Fsp3) is 0.400. The maximum atomic E-state index is 12.9. The predicted octanol–water partition coefficient (Wildman–Crippen LogP) is 3.14. The molecule has 0 saturated carbocycles. The van der Waals surface area contributed by atoms with Gasteiger partial charge in [0.1, 0.15) is 11.5 Å². The minimum atomic E-state index is -3.73. The van der Waals surface area contributed by atoms with Gasteiger partial charge in [0.2, 0.25) is 0 Å². The Morgan fingerprint density at radius 2 is 1.70 bits per heavy atom. The highest BCUT2D eigenvalue weighted by atomic mass is 32.2. The predicted molar refractivity (Wildman–Crippen MR) is 106 cm³/mol. The van der Waals surface area contributed by atoms with Crippen LogP contribution in [0, 0.1) is 0 Å². The number of sulfonamides is 1. The van der Waals surface area contributed by atoms with Crippen LogP contribution in [0.3, 0.4) is 0 Å². The normalized spacial score (nSPS) is 14.9. The number of anilines is 1. The van der Waals surface area contributed by atoms with Gasteiger partial charge in [-0.1, -0.05) is 12.1 Å². The molecule has 0 bridgehead atoms. The maximum Gasteiger partial charge on any atom is 0.262 e. The lowest BCUT2D eigenvalue weighted by Crippen LogP contribution is -2.23. The fourth-order valence-electron chi connectivity index (χ4n) is 3.30. The molecule has 2 aromatic rings. The Kier molecular flexibility index (Phi) is 6.23. The standard InChI is InChI=1S/C20H26N2O4S/c1-25-17-8-10-18(11-9-17)27(23,24)21-20-16(6-5-7-19(20)26-2)12-15-22-13-3-4-14-22/h5-11,21H,3-4,12-15H2,1-2H3. The molecule has 2 aromatic carbocycles. The van der Waals surface area contributed by atoms with Gasteiger partial charge in [-0.15, -0.1) is 0 Å². The SMILES string of the molecule is COc1ccc(S(=O)(=O)Nc2c(CCN3CCCC3)cccc2OC)cc1. The van der Waals surface area contributed by atoms with Crippen molar-refractivity contribution >= 4 is 15.7 Å². The minimum Gasteiger partial charge on any atom is -0.497 e. The van der Waals surface area contributed by atoms with Crippen LogP contribution in [-0.2, 0) is 16.4 Å². The lowest BCUT2D eigenvalue weighted by atomic mass is 10.1. The van der Waals surface area contributed by atoms with Crippen molar-refractivity contribution in [2.45, 2.75) is 24.2 Å². The maximum absolute atomic E-state index is 12.9. The number of methoxy groups -OCH3 is 2. The molecule has 1 aliphatic rings. The van der Waals surface area contributed by atoms with E-state index < -0.39 is 10.0 Å². The quantitative estimate of drug-likeness (QED) is 0.750. The summed E-state index contributed by atoms with van der Waals surface area (Å²) in [4.78, 5) is 2.58. The molecule has 1 fully saturated rings. The molecule has 0 spiro atoms. The van der Waals surface area contributed by atoms with Crippen LogP contribution in [0.1, 0.15) is 18.4 Å². The minimum absolute atomic E-state index is 0.180. The van der Waals surface area contributed by atoms with Crippen molar-refractivity contribution in [2.75, 3.05) is 38.6 Å². The largest absolute Gasteiger partial charge is 0.497 e. The fourth-order valence-corrected chi connectivity index (χ4v) is 4.42. The van der Waals surface area contributed by atoms with Gasteiger partial charge in [0.25, 0.3) is 10.0 Å². The van der Waals surface area contributed by atoms with Crippen molar-refractivity contribution < 1.29 is 17.9 Å². The van der Waals surface area contributed by atoms with E-state index in [-0.39, 0.29) is 4.90 Å². The Labute approximate surface area is 161 Å². The van der Waals surface area contributed by atoms with Gasteiger partial charge in [0.05, 0.1) is 24.8 Å². The second kappa shape index (κ2) is 8.63. The lowest BCUT2D eigenvalue weighted by Gasteiger charge is -2.19. The molecule has 0 aliphatic carbocycles. The van der Waals surface area contributed by atoms with Gasteiger partial charge in [0, 0.05) is 6.54 Å². The topological polar surface area (TPSA) is 67.9 Å². The van der Waals surface area contributed by atoms with E-state index in [0.29, 0.717) is 17.2 Å². The summed E-state index contributed by atoms with van der Waals surface area (Å²) in [5.41, 5.74) is 1.44. The smallest absolute Gasteiger partial charge is 0.262 e. The molecule has 3 rings (SSSR count). The number of benzene rings is 2. The molecule has 1 saturated heterocycles. The summed E-state index contributed by atoms with van der Waals surface area (Å²) < 4.78 is 39.0. The Balaban J connectivity index is 1.84. The summed E-state index contributed by atoms with van der Waals surface area (Å²) in [5, 5.41) is 0. The van der Waals surface area contributed by atoms with Crippen LogP contribution in [0.25, 0.3) is 0 Å². The zero-order chi connectivity index (χ0) is 19.3. The van der Waals surface area contributed by atoms with Crippen LogP contribution < -0.4 is 14.2 Å². The van der Waals surface area contributed by atoms with Crippen LogP contribution in [0.15, 0.2) is 47.4 Å². The summed E-state index contributed by atoms with van der Waals surface area (Å²) in [6.45, 7) is 3.12. The van der Waals surface area contributed by atoms with Crippen molar-refractivity contribution in [3.05, 3.63) is 48.0 Å². The van der Waals surface area contributed by atoms with Crippen LogP contribution >= 0.6 is 0 Å². The van der Waals surface area contributed by atoms with E-state index in [1.165, 1.54) is 25.0 Å². The molecular weight excluding hydrogens is 364 g/mol. The average Bonchev–Trinajstić information content (AvgIpc) is 3.20. The molecule has 0 aromatic heterocycles. The summed E-state index contributed by atoms with van der Waals surface area (Å²) in [6.07, 6.45) is 3.22. The van der Waals surface area contributed by atoms with E-state index in [1.807, 2.05) is 12.1 Å². The zero-order valence-corrected chi connectivity index (χ0v) is 16.6. The summed E-state index contributed by atoms with van der Waals surface area (Å²) >= 11 is 0. The third kappa shape index (κ3) is 4.73. The second-order valence-electron chi connectivity index (χ2n) is 6.57. The Morgan fingerprint density at radius 1 is 1.00 bits per heavy atom. The first-order valence-corrected chi connectivity index (χ1v) is 10.6. The molecule has 146 valence electrons. The number of ether oxygens (including phenoxy) is 2. The molecule has 1 N–H and O–H groups in total. The number of nitrogens with one attached hydrogen (secondary N) is 1. The van der Waals surface area contributed by atoms with E-state index in [2.05, 4.69) is 9.62 Å². The van der Waals surface area contributed by atoms with Crippen molar-refractivity contribution in [1.29, 1.82) is 0 Å². The van der Waals surface area contributed by atoms with Gasteiger partial charge in [0.15, 0.2) is 0 Å². The molecule has 1 aliphatic heterocycles. The van der Waals surface area contributed by atoms with Crippen LogP contribution in [0.5, 0.6) is 11.5 Å². The highest BCUT2D eigenvalue weighted by Crippen LogP contribution is 2.31. The van der Waals surface area contributed by atoms with E-state index >= 15 is 0 Å². The summed E-state index contributed by atoms with van der Waals surface area (Å²) in [5.74, 6) is 1.13. The van der Waals surface area contributed by atoms with Gasteiger partial charge in [-0.3, -0.25) is 4.72 Å². The lowest BCUT2D eigenvalue weighted by molar-refractivity contribution is 0.343. The van der Waals surface area contributed by atoms with Crippen LogP contribution in [0.4, 0.5) is 5.69 Å². The Hall–Kier alpha value is -2.25. The van der Waals surface area contributed by atoms with Gasteiger partial charge >= 0.3 is 0 Å². The van der Waals surface area contributed by atoms with Crippen molar-refractivity contribution in [1.82, 2.24) is 4.90 Å². The van der Waals surface area contributed by atoms with Crippen LogP contribution in [-0.4, -0.2) is 47.2 Å². The number of nitrogens with zero attached hydrogens (tertiary/aromatic N) is 1. The number of para-hydroxylation sites is 1. The van der Waals surface area contributed by atoms with E-state index in [1.54, 1.807) is 32.4 Å². The molecular formula is C20H26N2O4S. The molecule has 0 amide bonds. The molecule has 0 radical (unpaired) electrons.